The summed E-state index contributed by atoms with van der Waals surface area (Å²) in [5, 5.41) is 8.50. The van der Waals surface area contributed by atoms with Gasteiger partial charge in [0.05, 0.1) is 0 Å². The first-order valence-electron chi connectivity index (χ1n) is 4.14. The largest absolute Gasteiger partial charge is 0.475 e. The smallest absolute Gasteiger partial charge is 0.372 e. The maximum atomic E-state index is 11.1. The number of aliphatic carboxylic acids is 1. The molecule has 0 aromatic rings. The van der Waals surface area contributed by atoms with E-state index in [2.05, 4.69) is 6.08 Å². The van der Waals surface area contributed by atoms with Crippen molar-refractivity contribution in [3.05, 3.63) is 12.2 Å². The highest BCUT2D eigenvalue weighted by Gasteiger charge is 2.41. The van der Waals surface area contributed by atoms with E-state index in [1.807, 2.05) is 6.08 Å². The summed E-state index contributed by atoms with van der Waals surface area (Å²) in [6.07, 6.45) is 5.80. The van der Waals surface area contributed by atoms with Crippen LogP contribution in [-0.4, -0.2) is 16.9 Å². The Hall–Kier alpha value is -1.12. The Bertz CT molecular complexity index is 267. The van der Waals surface area contributed by atoms with Gasteiger partial charge in [0.15, 0.2) is 0 Å². The first kappa shape index (κ1) is 7.53. The van der Waals surface area contributed by atoms with Crippen LogP contribution in [0.4, 0.5) is 0 Å². The highest BCUT2D eigenvalue weighted by atomic mass is 16.4. The third kappa shape index (κ3) is 0.967. The summed E-state index contributed by atoms with van der Waals surface area (Å²) in [4.78, 5) is 21.5. The second-order valence-electron chi connectivity index (χ2n) is 3.56. The summed E-state index contributed by atoms with van der Waals surface area (Å²) in [7, 11) is 0. The molecular formula is C9H10O3. The average Bonchev–Trinajstić information content (AvgIpc) is 2.62. The zero-order chi connectivity index (χ0) is 8.72. The number of Topliss-reactive ketones (excluding diaryl/α,β-unsaturated/α-hetero) is 1. The van der Waals surface area contributed by atoms with Gasteiger partial charge in [0.25, 0.3) is 0 Å². The molecule has 1 N–H and O–H groups in total. The Kier molecular flexibility index (Phi) is 1.53. The van der Waals surface area contributed by atoms with Gasteiger partial charge in [-0.25, -0.2) is 4.79 Å². The molecule has 0 heterocycles. The van der Waals surface area contributed by atoms with E-state index in [-0.39, 0.29) is 11.8 Å². The van der Waals surface area contributed by atoms with Crippen molar-refractivity contribution in [3.8, 4) is 0 Å². The highest BCUT2D eigenvalue weighted by Crippen LogP contribution is 2.43. The molecule has 0 amide bonds. The lowest BCUT2D eigenvalue weighted by Crippen LogP contribution is -2.26. The van der Waals surface area contributed by atoms with E-state index in [1.54, 1.807) is 0 Å². The Morgan fingerprint density at radius 1 is 1.25 bits per heavy atom. The van der Waals surface area contributed by atoms with Crippen molar-refractivity contribution in [1.82, 2.24) is 0 Å². The number of carbonyl (C=O) groups excluding carboxylic acids is 1. The van der Waals surface area contributed by atoms with Crippen molar-refractivity contribution in [2.24, 2.45) is 17.8 Å². The molecule has 2 aliphatic rings. The van der Waals surface area contributed by atoms with Crippen LogP contribution in [0.25, 0.3) is 0 Å². The van der Waals surface area contributed by atoms with Crippen LogP contribution in [0.1, 0.15) is 12.8 Å². The van der Waals surface area contributed by atoms with Gasteiger partial charge in [-0.05, 0) is 24.7 Å². The number of allylic oxidation sites excluding steroid dienone is 2. The normalized spacial score (nSPS) is 37.2. The van der Waals surface area contributed by atoms with E-state index < -0.39 is 11.8 Å². The first-order valence-corrected chi connectivity index (χ1v) is 4.14. The lowest BCUT2D eigenvalue weighted by molar-refractivity contribution is -0.151. The fourth-order valence-corrected chi connectivity index (χ4v) is 2.24. The zero-order valence-electron chi connectivity index (χ0n) is 6.56. The molecular weight excluding hydrogens is 156 g/mol. The van der Waals surface area contributed by atoms with Gasteiger partial charge in [0, 0.05) is 5.92 Å². The van der Waals surface area contributed by atoms with Gasteiger partial charge >= 0.3 is 5.97 Å². The van der Waals surface area contributed by atoms with Crippen molar-refractivity contribution in [2.45, 2.75) is 12.8 Å². The lowest BCUT2D eigenvalue weighted by atomic mass is 9.90. The van der Waals surface area contributed by atoms with Gasteiger partial charge < -0.3 is 5.11 Å². The molecule has 3 unspecified atom stereocenters. The van der Waals surface area contributed by atoms with Crippen molar-refractivity contribution in [2.75, 3.05) is 0 Å². The van der Waals surface area contributed by atoms with Gasteiger partial charge in [-0.1, -0.05) is 12.2 Å². The molecule has 64 valence electrons. The topological polar surface area (TPSA) is 54.4 Å². The Labute approximate surface area is 70.1 Å². The minimum atomic E-state index is -1.28. The van der Waals surface area contributed by atoms with Crippen LogP contribution in [0, 0.1) is 17.8 Å². The molecule has 0 spiro atoms. The first-order chi connectivity index (χ1) is 5.68. The van der Waals surface area contributed by atoms with E-state index in [1.165, 1.54) is 0 Å². The third-order valence-electron chi connectivity index (χ3n) is 2.83. The fraction of sp³-hybridized carbons (Fsp3) is 0.556. The van der Waals surface area contributed by atoms with E-state index in [9.17, 15) is 9.59 Å². The lowest BCUT2D eigenvalue weighted by Gasteiger charge is -2.13. The summed E-state index contributed by atoms with van der Waals surface area (Å²) in [5.74, 6) is -1.45. The van der Waals surface area contributed by atoms with E-state index in [4.69, 9.17) is 5.11 Å². The number of carboxylic acids is 1. The second-order valence-corrected chi connectivity index (χ2v) is 3.56. The molecule has 2 rings (SSSR count). The van der Waals surface area contributed by atoms with Gasteiger partial charge in [-0.2, -0.15) is 0 Å². The number of hydrogen-bond donors (Lipinski definition) is 1. The monoisotopic (exact) mass is 166 g/mol. The Balaban J connectivity index is 2.13. The fourth-order valence-electron chi connectivity index (χ4n) is 2.24. The van der Waals surface area contributed by atoms with Crippen LogP contribution >= 0.6 is 0 Å². The molecule has 0 aromatic carbocycles. The SMILES string of the molecule is O=C(O)C(=O)C1CC2C=CC1C2. The molecule has 1 fully saturated rings. The van der Waals surface area contributed by atoms with Crippen molar-refractivity contribution in [3.63, 3.8) is 0 Å². The molecule has 2 aliphatic carbocycles. The van der Waals surface area contributed by atoms with Crippen molar-refractivity contribution in [1.29, 1.82) is 0 Å². The van der Waals surface area contributed by atoms with Crippen LogP contribution in [0.15, 0.2) is 12.2 Å². The second kappa shape index (κ2) is 2.44. The minimum Gasteiger partial charge on any atom is -0.475 e. The van der Waals surface area contributed by atoms with Gasteiger partial charge in [-0.3, -0.25) is 4.79 Å². The van der Waals surface area contributed by atoms with Crippen LogP contribution < -0.4 is 0 Å². The quantitative estimate of drug-likeness (QED) is 0.488. The van der Waals surface area contributed by atoms with Crippen LogP contribution in [0.2, 0.25) is 0 Å². The summed E-state index contributed by atoms with van der Waals surface area (Å²) < 4.78 is 0. The molecule has 12 heavy (non-hydrogen) atoms. The standard InChI is InChI=1S/C9H10O3/c10-8(9(11)12)7-4-5-1-2-6(7)3-5/h1-2,5-7H,3-4H2,(H,11,12). The number of fused-ring (bicyclic) bond motifs is 2. The summed E-state index contributed by atoms with van der Waals surface area (Å²) in [6, 6.07) is 0. The van der Waals surface area contributed by atoms with Crippen molar-refractivity contribution >= 4 is 11.8 Å². The maximum absolute atomic E-state index is 11.1. The third-order valence-corrected chi connectivity index (χ3v) is 2.83. The molecule has 0 aromatic heterocycles. The zero-order valence-corrected chi connectivity index (χ0v) is 6.56. The number of carboxylic acid groups (broad SMARTS) is 1. The summed E-state index contributed by atoms with van der Waals surface area (Å²) in [5.41, 5.74) is 0. The van der Waals surface area contributed by atoms with Crippen LogP contribution in [-0.2, 0) is 9.59 Å². The van der Waals surface area contributed by atoms with E-state index in [0.29, 0.717) is 5.92 Å². The van der Waals surface area contributed by atoms with Crippen molar-refractivity contribution < 1.29 is 14.7 Å². The predicted octanol–water partition coefficient (Wildman–Crippen LogP) is 0.852. The molecule has 3 heteroatoms. The van der Waals surface area contributed by atoms with Crippen LogP contribution in [0.3, 0.4) is 0 Å². The Morgan fingerprint density at radius 2 is 2.00 bits per heavy atom. The van der Waals surface area contributed by atoms with Gasteiger partial charge in [0.2, 0.25) is 5.78 Å². The minimum absolute atomic E-state index is 0.207. The molecule has 2 bridgehead atoms. The molecule has 3 atom stereocenters. The molecule has 3 nitrogen and oxygen atoms in total. The Morgan fingerprint density at radius 3 is 2.42 bits per heavy atom. The van der Waals surface area contributed by atoms with Gasteiger partial charge in [0.1, 0.15) is 0 Å². The number of carbonyl (C=O) groups is 2. The predicted molar refractivity (Wildman–Crippen MR) is 41.5 cm³/mol. The van der Waals surface area contributed by atoms with Crippen LogP contribution in [0.5, 0.6) is 0 Å². The highest BCUT2D eigenvalue weighted by molar-refractivity contribution is 6.33. The number of ketones is 1. The molecule has 0 saturated heterocycles. The van der Waals surface area contributed by atoms with E-state index in [0.717, 1.165) is 12.8 Å². The summed E-state index contributed by atoms with van der Waals surface area (Å²) >= 11 is 0. The number of hydrogen-bond acceptors (Lipinski definition) is 2. The van der Waals surface area contributed by atoms with E-state index >= 15 is 0 Å². The molecule has 0 aliphatic heterocycles. The molecule has 1 saturated carbocycles. The van der Waals surface area contributed by atoms with Gasteiger partial charge in [-0.15, -0.1) is 0 Å². The maximum Gasteiger partial charge on any atom is 0.372 e. The summed E-state index contributed by atoms with van der Waals surface area (Å²) in [6.45, 7) is 0. The molecule has 0 radical (unpaired) electrons. The number of rotatable bonds is 2. The average molecular weight is 166 g/mol.